The molecule has 1 aliphatic rings. The van der Waals surface area contributed by atoms with Gasteiger partial charge in [-0.25, -0.2) is 0 Å². The fourth-order valence-corrected chi connectivity index (χ4v) is 2.40. The summed E-state index contributed by atoms with van der Waals surface area (Å²) in [5.41, 5.74) is 0. The summed E-state index contributed by atoms with van der Waals surface area (Å²) in [5, 5.41) is 0. The van der Waals surface area contributed by atoms with Gasteiger partial charge < -0.3 is 9.59 Å². The van der Waals surface area contributed by atoms with Crippen molar-refractivity contribution in [2.75, 3.05) is 0 Å². The Kier molecular flexibility index (Phi) is 5.44. The van der Waals surface area contributed by atoms with Gasteiger partial charge in [-0.2, -0.15) is 0 Å². The molecule has 0 aromatic carbocycles. The highest BCUT2D eigenvalue weighted by atomic mass is 16.1. The molecule has 0 fully saturated rings. The van der Waals surface area contributed by atoms with Crippen molar-refractivity contribution in [2.45, 2.75) is 52.4 Å². The summed E-state index contributed by atoms with van der Waals surface area (Å²) in [5.74, 6) is 1.32. The molecule has 0 saturated heterocycles. The number of carbonyl (C=O) groups excluding carboxylic acids is 2. The van der Waals surface area contributed by atoms with Crippen molar-refractivity contribution in [1.29, 1.82) is 0 Å². The van der Waals surface area contributed by atoms with Crippen LogP contribution < -0.4 is 0 Å². The summed E-state index contributed by atoms with van der Waals surface area (Å²) in [4.78, 5) is 22.2. The first-order valence-corrected chi connectivity index (χ1v) is 6.25. The van der Waals surface area contributed by atoms with Crippen molar-refractivity contribution in [2.24, 2.45) is 11.8 Å². The van der Waals surface area contributed by atoms with E-state index in [4.69, 9.17) is 0 Å². The van der Waals surface area contributed by atoms with E-state index in [0.717, 1.165) is 12.8 Å². The fraction of sp³-hybridized carbons (Fsp3) is 0.714. The molecule has 2 nitrogen and oxygen atoms in total. The SMILES string of the molecule is CC(=O)CC1/C=C\C(CC(C)=O)CCCC1. The highest BCUT2D eigenvalue weighted by molar-refractivity contribution is 5.76. The average molecular weight is 222 g/mol. The molecule has 16 heavy (non-hydrogen) atoms. The molecule has 0 saturated carbocycles. The van der Waals surface area contributed by atoms with Gasteiger partial charge in [0.1, 0.15) is 11.6 Å². The molecule has 2 unspecified atom stereocenters. The van der Waals surface area contributed by atoms with Crippen LogP contribution in [0, 0.1) is 11.8 Å². The van der Waals surface area contributed by atoms with Gasteiger partial charge in [0.25, 0.3) is 0 Å². The Bertz CT molecular complexity index is 250. The predicted octanol–water partition coefficient (Wildman–Crippen LogP) is 3.31. The number of carbonyl (C=O) groups is 2. The molecule has 0 aromatic heterocycles. The highest BCUT2D eigenvalue weighted by Crippen LogP contribution is 2.24. The topological polar surface area (TPSA) is 34.1 Å². The van der Waals surface area contributed by atoms with Gasteiger partial charge in [-0.15, -0.1) is 0 Å². The molecule has 2 atom stereocenters. The Labute approximate surface area is 98.1 Å². The second-order valence-electron chi connectivity index (χ2n) is 5.00. The standard InChI is InChI=1S/C14H22O2/c1-11(15)9-13-5-3-4-6-14(8-7-13)10-12(2)16/h7-8,13-14H,3-6,9-10H2,1-2H3/b8-7-. The van der Waals surface area contributed by atoms with Crippen molar-refractivity contribution in [3.63, 3.8) is 0 Å². The van der Waals surface area contributed by atoms with Gasteiger partial charge in [0.05, 0.1) is 0 Å². The third-order valence-corrected chi connectivity index (χ3v) is 3.15. The third kappa shape index (κ3) is 5.24. The van der Waals surface area contributed by atoms with Crippen LogP contribution in [0.1, 0.15) is 52.4 Å². The summed E-state index contributed by atoms with van der Waals surface area (Å²) in [6.45, 7) is 3.30. The molecule has 0 spiro atoms. The molecule has 0 aromatic rings. The van der Waals surface area contributed by atoms with Crippen LogP contribution in [0.3, 0.4) is 0 Å². The van der Waals surface area contributed by atoms with Crippen molar-refractivity contribution in [3.8, 4) is 0 Å². The minimum Gasteiger partial charge on any atom is -0.300 e. The lowest BCUT2D eigenvalue weighted by Gasteiger charge is -2.18. The Morgan fingerprint density at radius 3 is 1.62 bits per heavy atom. The first-order valence-electron chi connectivity index (χ1n) is 6.25. The van der Waals surface area contributed by atoms with Crippen molar-refractivity contribution >= 4 is 11.6 Å². The number of ketones is 2. The second-order valence-corrected chi connectivity index (χ2v) is 5.00. The van der Waals surface area contributed by atoms with E-state index in [1.807, 2.05) is 0 Å². The van der Waals surface area contributed by atoms with Crippen LogP contribution in [0.5, 0.6) is 0 Å². The Morgan fingerprint density at radius 1 is 0.938 bits per heavy atom. The molecule has 1 rings (SSSR count). The predicted molar refractivity (Wildman–Crippen MR) is 65.2 cm³/mol. The van der Waals surface area contributed by atoms with E-state index in [-0.39, 0.29) is 11.6 Å². The van der Waals surface area contributed by atoms with E-state index >= 15 is 0 Å². The smallest absolute Gasteiger partial charge is 0.130 e. The fourth-order valence-electron chi connectivity index (χ4n) is 2.40. The van der Waals surface area contributed by atoms with Crippen LogP contribution in [0.15, 0.2) is 12.2 Å². The van der Waals surface area contributed by atoms with Gasteiger partial charge in [-0.05, 0) is 38.5 Å². The summed E-state index contributed by atoms with van der Waals surface area (Å²) < 4.78 is 0. The highest BCUT2D eigenvalue weighted by Gasteiger charge is 2.14. The maximum atomic E-state index is 11.1. The van der Waals surface area contributed by atoms with E-state index < -0.39 is 0 Å². The molecule has 0 amide bonds. The Balaban J connectivity index is 2.54. The molecule has 0 N–H and O–H groups in total. The minimum atomic E-state index is 0.262. The number of hydrogen-bond donors (Lipinski definition) is 0. The van der Waals surface area contributed by atoms with Crippen LogP contribution in [0.25, 0.3) is 0 Å². The molecule has 2 heteroatoms. The maximum absolute atomic E-state index is 11.1. The summed E-state index contributed by atoms with van der Waals surface area (Å²) >= 11 is 0. The lowest BCUT2D eigenvalue weighted by Crippen LogP contribution is -2.09. The first-order chi connectivity index (χ1) is 7.58. The molecular formula is C14H22O2. The molecular weight excluding hydrogens is 200 g/mol. The van der Waals surface area contributed by atoms with Gasteiger partial charge in [-0.1, -0.05) is 25.0 Å². The lowest BCUT2D eigenvalue weighted by atomic mass is 9.87. The third-order valence-electron chi connectivity index (χ3n) is 3.15. The van der Waals surface area contributed by atoms with E-state index in [0.29, 0.717) is 24.7 Å². The zero-order valence-electron chi connectivity index (χ0n) is 10.4. The van der Waals surface area contributed by atoms with Crippen LogP contribution in [0.2, 0.25) is 0 Å². The van der Waals surface area contributed by atoms with Crippen LogP contribution >= 0.6 is 0 Å². The molecule has 1 aliphatic carbocycles. The molecule has 0 radical (unpaired) electrons. The molecule has 0 bridgehead atoms. The zero-order valence-corrected chi connectivity index (χ0v) is 10.4. The first kappa shape index (κ1) is 13.1. The van der Waals surface area contributed by atoms with Gasteiger partial charge >= 0.3 is 0 Å². The lowest BCUT2D eigenvalue weighted by molar-refractivity contribution is -0.118. The minimum absolute atomic E-state index is 0.262. The van der Waals surface area contributed by atoms with Crippen molar-refractivity contribution in [1.82, 2.24) is 0 Å². The van der Waals surface area contributed by atoms with Crippen LogP contribution in [-0.4, -0.2) is 11.6 Å². The van der Waals surface area contributed by atoms with Gasteiger partial charge in [0.2, 0.25) is 0 Å². The number of rotatable bonds is 4. The quantitative estimate of drug-likeness (QED) is 0.684. The van der Waals surface area contributed by atoms with E-state index in [1.54, 1.807) is 13.8 Å². The second kappa shape index (κ2) is 6.62. The summed E-state index contributed by atoms with van der Waals surface area (Å²) in [6.07, 6.45) is 10.2. The number of hydrogen-bond acceptors (Lipinski definition) is 2. The molecule has 0 heterocycles. The zero-order chi connectivity index (χ0) is 12.0. The van der Waals surface area contributed by atoms with Crippen molar-refractivity contribution < 1.29 is 9.59 Å². The van der Waals surface area contributed by atoms with Crippen LogP contribution in [0.4, 0.5) is 0 Å². The molecule has 90 valence electrons. The monoisotopic (exact) mass is 222 g/mol. The van der Waals surface area contributed by atoms with Crippen LogP contribution in [-0.2, 0) is 9.59 Å². The largest absolute Gasteiger partial charge is 0.300 e. The van der Waals surface area contributed by atoms with Gasteiger partial charge in [0, 0.05) is 12.8 Å². The van der Waals surface area contributed by atoms with Gasteiger partial charge in [0.15, 0.2) is 0 Å². The number of Topliss-reactive ketones (excluding diaryl/α,β-unsaturated/α-hetero) is 2. The van der Waals surface area contributed by atoms with E-state index in [1.165, 1.54) is 12.8 Å². The normalized spacial score (nSPS) is 27.9. The average Bonchev–Trinajstić information content (AvgIpc) is 2.14. The number of allylic oxidation sites excluding steroid dienone is 2. The molecule has 0 aliphatic heterocycles. The van der Waals surface area contributed by atoms with Crippen molar-refractivity contribution in [3.05, 3.63) is 12.2 Å². The van der Waals surface area contributed by atoms with E-state index in [2.05, 4.69) is 12.2 Å². The van der Waals surface area contributed by atoms with E-state index in [9.17, 15) is 9.59 Å². The summed E-state index contributed by atoms with van der Waals surface area (Å²) in [6, 6.07) is 0. The maximum Gasteiger partial charge on any atom is 0.130 e. The Morgan fingerprint density at radius 2 is 1.31 bits per heavy atom. The Hall–Kier alpha value is -0.920. The van der Waals surface area contributed by atoms with Gasteiger partial charge in [-0.3, -0.25) is 0 Å². The summed E-state index contributed by atoms with van der Waals surface area (Å²) in [7, 11) is 0.